The molecule has 0 aromatic carbocycles. The van der Waals surface area contributed by atoms with Gasteiger partial charge >= 0.3 is 0 Å². The summed E-state index contributed by atoms with van der Waals surface area (Å²) in [6, 6.07) is 4.01. The molecule has 0 saturated carbocycles. The van der Waals surface area contributed by atoms with Crippen molar-refractivity contribution in [2.45, 2.75) is 32.0 Å². The third-order valence-corrected chi connectivity index (χ3v) is 4.95. The zero-order chi connectivity index (χ0) is 18.0. The van der Waals surface area contributed by atoms with E-state index < -0.39 is 0 Å². The summed E-state index contributed by atoms with van der Waals surface area (Å²) < 4.78 is 0. The Hall–Kier alpha value is -2.30. The first-order valence-electron chi connectivity index (χ1n) is 7.95. The molecule has 1 aliphatic heterocycles. The van der Waals surface area contributed by atoms with Crippen molar-refractivity contribution in [2.75, 3.05) is 24.7 Å². The van der Waals surface area contributed by atoms with E-state index in [1.54, 1.807) is 16.2 Å². The molecule has 1 fully saturated rings. The van der Waals surface area contributed by atoms with Crippen molar-refractivity contribution >= 4 is 29.1 Å². The fourth-order valence-corrected chi connectivity index (χ4v) is 3.49. The van der Waals surface area contributed by atoms with Gasteiger partial charge in [0.15, 0.2) is 5.82 Å². The summed E-state index contributed by atoms with van der Waals surface area (Å²) in [4.78, 5) is 29.0. The molecule has 3 rings (SSSR count). The van der Waals surface area contributed by atoms with Crippen molar-refractivity contribution in [1.29, 1.82) is 0 Å². The molecule has 0 aliphatic carbocycles. The van der Waals surface area contributed by atoms with Gasteiger partial charge in [0.05, 0.1) is 12.6 Å². The molecule has 3 heterocycles. The quantitative estimate of drug-likeness (QED) is 0.592. The van der Waals surface area contributed by atoms with E-state index in [0.29, 0.717) is 18.2 Å². The molecule has 25 heavy (non-hydrogen) atoms. The standard InChI is InChI=1S/C15H22N8OS/c1-8-4-5-11(25-8)9-6-10(22-21-9)13(24)17-7-12-18-14(16)20-15(19-12)23(2)3/h4-5,9-10,21-22H,6-7H2,1-3H3,(H,17,24)(H2,16,18,19,20). The van der Waals surface area contributed by atoms with Crippen LogP contribution in [0.1, 0.15) is 28.0 Å². The van der Waals surface area contributed by atoms with Gasteiger partial charge in [0.2, 0.25) is 17.8 Å². The topological polar surface area (TPSA) is 121 Å². The number of nitrogens with zero attached hydrogens (tertiary/aromatic N) is 4. The number of aryl methyl sites for hydroxylation is 1. The molecule has 9 nitrogen and oxygen atoms in total. The minimum atomic E-state index is -0.306. The third-order valence-electron chi connectivity index (χ3n) is 3.83. The Kier molecular flexibility index (Phi) is 5.11. The number of hydrogen-bond donors (Lipinski definition) is 4. The molecule has 2 unspecified atom stereocenters. The smallest absolute Gasteiger partial charge is 0.238 e. The molecule has 5 N–H and O–H groups in total. The van der Waals surface area contributed by atoms with Crippen LogP contribution in [0.4, 0.5) is 11.9 Å². The Balaban J connectivity index is 1.56. The summed E-state index contributed by atoms with van der Waals surface area (Å²) in [5, 5.41) is 2.85. The van der Waals surface area contributed by atoms with Crippen molar-refractivity contribution in [2.24, 2.45) is 0 Å². The highest BCUT2D eigenvalue weighted by molar-refractivity contribution is 7.12. The van der Waals surface area contributed by atoms with Crippen LogP contribution in [0.2, 0.25) is 0 Å². The first-order chi connectivity index (χ1) is 11.9. The third kappa shape index (κ3) is 4.21. The van der Waals surface area contributed by atoms with E-state index in [1.165, 1.54) is 9.75 Å². The van der Waals surface area contributed by atoms with Gasteiger partial charge in [-0.15, -0.1) is 11.3 Å². The number of nitrogens with one attached hydrogen (secondary N) is 3. The second-order valence-electron chi connectivity index (χ2n) is 6.10. The van der Waals surface area contributed by atoms with E-state index in [0.717, 1.165) is 0 Å². The second kappa shape index (κ2) is 7.30. The lowest BCUT2D eigenvalue weighted by Crippen LogP contribution is -2.43. The molecule has 1 amide bonds. The summed E-state index contributed by atoms with van der Waals surface area (Å²) in [7, 11) is 3.63. The molecule has 1 saturated heterocycles. The van der Waals surface area contributed by atoms with Gasteiger partial charge in [0.25, 0.3) is 0 Å². The largest absolute Gasteiger partial charge is 0.368 e. The van der Waals surface area contributed by atoms with Crippen LogP contribution in [0.25, 0.3) is 0 Å². The van der Waals surface area contributed by atoms with Crippen molar-refractivity contribution in [1.82, 2.24) is 31.1 Å². The molecule has 1 aliphatic rings. The number of amides is 1. The van der Waals surface area contributed by atoms with Crippen LogP contribution < -0.4 is 26.8 Å². The predicted molar refractivity (Wildman–Crippen MR) is 96.9 cm³/mol. The highest BCUT2D eigenvalue weighted by Gasteiger charge is 2.30. The van der Waals surface area contributed by atoms with E-state index in [9.17, 15) is 4.79 Å². The number of hydrogen-bond acceptors (Lipinski definition) is 9. The SMILES string of the molecule is Cc1ccc(C2CC(C(=O)NCc3nc(N)nc(N(C)C)n3)NN2)s1. The Morgan fingerprint density at radius 2 is 2.16 bits per heavy atom. The lowest BCUT2D eigenvalue weighted by atomic mass is 10.1. The maximum atomic E-state index is 12.4. The number of anilines is 2. The summed E-state index contributed by atoms with van der Waals surface area (Å²) in [5.41, 5.74) is 11.9. The zero-order valence-corrected chi connectivity index (χ0v) is 15.2. The maximum Gasteiger partial charge on any atom is 0.238 e. The lowest BCUT2D eigenvalue weighted by Gasteiger charge is -2.13. The molecule has 0 spiro atoms. The average Bonchev–Trinajstić information content (AvgIpc) is 3.21. The van der Waals surface area contributed by atoms with Crippen LogP contribution in [0.3, 0.4) is 0 Å². The van der Waals surface area contributed by atoms with Gasteiger partial charge in [-0.2, -0.15) is 15.0 Å². The molecule has 2 atom stereocenters. The fourth-order valence-electron chi connectivity index (χ4n) is 2.55. The normalized spacial score (nSPS) is 19.8. The molecule has 134 valence electrons. The number of aromatic nitrogens is 3. The number of rotatable bonds is 5. The number of thiophene rings is 1. The molecular weight excluding hydrogens is 340 g/mol. The minimum absolute atomic E-state index is 0.103. The van der Waals surface area contributed by atoms with Crippen LogP contribution in [0, 0.1) is 6.92 Å². The van der Waals surface area contributed by atoms with Gasteiger partial charge in [0, 0.05) is 23.8 Å². The van der Waals surface area contributed by atoms with Crippen LogP contribution >= 0.6 is 11.3 Å². The van der Waals surface area contributed by atoms with Crippen molar-refractivity contribution in [3.63, 3.8) is 0 Å². The van der Waals surface area contributed by atoms with Crippen molar-refractivity contribution in [3.05, 3.63) is 27.7 Å². The van der Waals surface area contributed by atoms with Gasteiger partial charge < -0.3 is 16.0 Å². The number of nitrogens with two attached hydrogens (primary N) is 1. The Morgan fingerprint density at radius 3 is 2.84 bits per heavy atom. The monoisotopic (exact) mass is 362 g/mol. The Labute approximate surface area is 150 Å². The molecular formula is C15H22N8OS. The molecule has 0 bridgehead atoms. The predicted octanol–water partition coefficient (Wildman–Crippen LogP) is 0.114. The van der Waals surface area contributed by atoms with Gasteiger partial charge in [-0.05, 0) is 25.5 Å². The average molecular weight is 362 g/mol. The van der Waals surface area contributed by atoms with Crippen LogP contribution in [0.15, 0.2) is 12.1 Å². The first-order valence-corrected chi connectivity index (χ1v) is 8.77. The summed E-state index contributed by atoms with van der Waals surface area (Å²) in [6.45, 7) is 2.27. The van der Waals surface area contributed by atoms with E-state index >= 15 is 0 Å². The highest BCUT2D eigenvalue weighted by atomic mass is 32.1. The fraction of sp³-hybridized carbons (Fsp3) is 0.467. The number of carbonyl (C=O) groups excluding carboxylic acids is 1. The van der Waals surface area contributed by atoms with E-state index in [4.69, 9.17) is 5.73 Å². The van der Waals surface area contributed by atoms with E-state index in [-0.39, 0.29) is 30.5 Å². The van der Waals surface area contributed by atoms with Gasteiger partial charge in [0.1, 0.15) is 6.04 Å². The second-order valence-corrected chi connectivity index (χ2v) is 7.42. The Bertz CT molecular complexity index is 762. The van der Waals surface area contributed by atoms with Crippen molar-refractivity contribution < 1.29 is 4.79 Å². The van der Waals surface area contributed by atoms with E-state index in [2.05, 4.69) is 50.2 Å². The molecule has 0 radical (unpaired) electrons. The van der Waals surface area contributed by atoms with Gasteiger partial charge in [-0.1, -0.05) is 0 Å². The number of hydrazine groups is 1. The zero-order valence-electron chi connectivity index (χ0n) is 14.4. The molecule has 2 aromatic rings. The minimum Gasteiger partial charge on any atom is -0.368 e. The van der Waals surface area contributed by atoms with E-state index in [1.807, 2.05) is 14.1 Å². The van der Waals surface area contributed by atoms with Crippen molar-refractivity contribution in [3.8, 4) is 0 Å². The van der Waals surface area contributed by atoms with Gasteiger partial charge in [-0.25, -0.2) is 10.9 Å². The summed E-state index contributed by atoms with van der Waals surface area (Å²) in [6.07, 6.45) is 0.689. The summed E-state index contributed by atoms with van der Waals surface area (Å²) in [5.74, 6) is 0.928. The Morgan fingerprint density at radius 1 is 1.36 bits per heavy atom. The van der Waals surface area contributed by atoms with Gasteiger partial charge in [-0.3, -0.25) is 4.79 Å². The van der Waals surface area contributed by atoms with Crippen LogP contribution in [-0.4, -0.2) is 41.0 Å². The molecule has 10 heteroatoms. The number of nitrogen functional groups attached to an aromatic ring is 1. The van der Waals surface area contributed by atoms with Crippen LogP contribution in [0.5, 0.6) is 0 Å². The maximum absolute atomic E-state index is 12.4. The summed E-state index contributed by atoms with van der Waals surface area (Å²) >= 11 is 1.74. The highest BCUT2D eigenvalue weighted by Crippen LogP contribution is 2.28. The van der Waals surface area contributed by atoms with Crippen LogP contribution in [-0.2, 0) is 11.3 Å². The molecule has 2 aromatic heterocycles. The number of carbonyl (C=O) groups is 1. The first kappa shape index (κ1) is 17.5. The lowest BCUT2D eigenvalue weighted by molar-refractivity contribution is -0.123.